The molecule has 0 bridgehead atoms. The summed E-state index contributed by atoms with van der Waals surface area (Å²) in [6.07, 6.45) is 0. The molecule has 0 amide bonds. The van der Waals surface area contributed by atoms with E-state index in [-0.39, 0.29) is 0 Å². The molecule has 0 radical (unpaired) electrons. The molecule has 106 valence electrons. The summed E-state index contributed by atoms with van der Waals surface area (Å²) in [5, 5.41) is 9.42. The Morgan fingerprint density at radius 2 is 2.00 bits per heavy atom. The molecule has 1 aliphatic heterocycles. The van der Waals surface area contributed by atoms with Gasteiger partial charge in [-0.3, -0.25) is 0 Å². The van der Waals surface area contributed by atoms with Gasteiger partial charge in [-0.2, -0.15) is 5.26 Å². The third-order valence-electron chi connectivity index (χ3n) is 3.61. The molecule has 2 aromatic carbocycles. The van der Waals surface area contributed by atoms with E-state index in [2.05, 4.69) is 23.1 Å². The van der Waals surface area contributed by atoms with Crippen molar-refractivity contribution >= 4 is 17.4 Å². The first kappa shape index (κ1) is 13.8. The van der Waals surface area contributed by atoms with E-state index in [1.54, 1.807) is 7.11 Å². The average molecular weight is 296 g/mol. The summed E-state index contributed by atoms with van der Waals surface area (Å²) >= 11 is 1.88. The molecule has 2 aromatic rings. The van der Waals surface area contributed by atoms with Crippen LogP contribution in [0.5, 0.6) is 5.75 Å². The minimum Gasteiger partial charge on any atom is -0.494 e. The number of hydrogen-bond acceptors (Lipinski definition) is 4. The van der Waals surface area contributed by atoms with Gasteiger partial charge in [0.15, 0.2) is 5.75 Å². The summed E-state index contributed by atoms with van der Waals surface area (Å²) < 4.78 is 5.68. The Balaban J connectivity index is 2.19. The van der Waals surface area contributed by atoms with Crippen LogP contribution in [-0.4, -0.2) is 25.3 Å². The van der Waals surface area contributed by atoms with E-state index in [0.29, 0.717) is 5.56 Å². The second-order valence-corrected chi connectivity index (χ2v) is 5.90. The van der Waals surface area contributed by atoms with Gasteiger partial charge in [0, 0.05) is 17.9 Å². The molecule has 0 atom stereocenters. The Morgan fingerprint density at radius 1 is 1.19 bits per heavy atom. The third kappa shape index (κ3) is 2.57. The average Bonchev–Trinajstić information content (AvgIpc) is 3.08. The van der Waals surface area contributed by atoms with E-state index in [4.69, 9.17) is 4.74 Å². The molecule has 1 aliphatic rings. The number of nitrogens with zero attached hydrogens (tertiary/aromatic N) is 2. The Hall–Kier alpha value is -2.12. The summed E-state index contributed by atoms with van der Waals surface area (Å²) in [5.74, 6) is 2.79. The summed E-state index contributed by atoms with van der Waals surface area (Å²) in [5.41, 5.74) is 3.73. The smallest absolute Gasteiger partial charge is 0.151 e. The van der Waals surface area contributed by atoms with Crippen LogP contribution in [0.2, 0.25) is 0 Å². The first-order valence-corrected chi connectivity index (χ1v) is 8.00. The minimum atomic E-state index is 0.675. The number of methoxy groups -OCH3 is 1. The molecule has 1 saturated heterocycles. The zero-order valence-electron chi connectivity index (χ0n) is 11.9. The first-order chi connectivity index (χ1) is 10.3. The molecule has 0 spiro atoms. The second-order valence-electron chi connectivity index (χ2n) is 4.82. The fraction of sp³-hybridized carbons (Fsp3) is 0.235. The first-order valence-electron chi connectivity index (χ1n) is 6.84. The van der Waals surface area contributed by atoms with Crippen LogP contribution < -0.4 is 9.64 Å². The van der Waals surface area contributed by atoms with Gasteiger partial charge in [0.25, 0.3) is 0 Å². The molecule has 1 heterocycles. The van der Waals surface area contributed by atoms with E-state index in [9.17, 15) is 5.26 Å². The molecule has 0 N–H and O–H groups in total. The van der Waals surface area contributed by atoms with E-state index >= 15 is 0 Å². The van der Waals surface area contributed by atoms with Crippen LogP contribution in [0.15, 0.2) is 42.5 Å². The number of thioether (sulfide) groups is 1. The van der Waals surface area contributed by atoms with Gasteiger partial charge in [-0.1, -0.05) is 30.3 Å². The molecule has 1 fully saturated rings. The second kappa shape index (κ2) is 6.11. The van der Waals surface area contributed by atoms with Crippen LogP contribution in [0.1, 0.15) is 5.56 Å². The lowest BCUT2D eigenvalue weighted by Gasteiger charge is -2.23. The Labute approximate surface area is 129 Å². The number of rotatable bonds is 3. The van der Waals surface area contributed by atoms with Crippen LogP contribution in [0, 0.1) is 11.3 Å². The van der Waals surface area contributed by atoms with E-state index < -0.39 is 0 Å². The van der Waals surface area contributed by atoms with E-state index in [0.717, 1.165) is 40.7 Å². The molecule has 4 heteroatoms. The predicted octanol–water partition coefficient (Wildman–Crippen LogP) is 3.74. The number of hydrogen-bond donors (Lipinski definition) is 0. The summed E-state index contributed by atoms with van der Waals surface area (Å²) in [6.45, 7) is 0.952. The standard InChI is InChI=1S/C17H16N2OS/c1-20-17-15(13-5-3-2-4-6-13)8-7-14(11-18)16(17)19-9-10-21-12-19/h2-8H,9-10,12H2,1H3. The predicted molar refractivity (Wildman–Crippen MR) is 87.8 cm³/mol. The van der Waals surface area contributed by atoms with E-state index in [1.807, 2.05) is 42.1 Å². The van der Waals surface area contributed by atoms with Crippen molar-refractivity contribution in [3.8, 4) is 22.9 Å². The SMILES string of the molecule is COc1c(-c2ccccc2)ccc(C#N)c1N1CCSC1. The Morgan fingerprint density at radius 3 is 2.62 bits per heavy atom. The van der Waals surface area contributed by atoms with Gasteiger partial charge in [0.2, 0.25) is 0 Å². The maximum absolute atomic E-state index is 9.42. The molecule has 0 aliphatic carbocycles. The highest BCUT2D eigenvalue weighted by Gasteiger charge is 2.23. The van der Waals surface area contributed by atoms with Crippen LogP contribution >= 0.6 is 11.8 Å². The quantitative estimate of drug-likeness (QED) is 0.864. The van der Waals surface area contributed by atoms with Gasteiger partial charge in [0.05, 0.1) is 24.2 Å². The van der Waals surface area contributed by atoms with Gasteiger partial charge < -0.3 is 9.64 Å². The normalized spacial score (nSPS) is 14.0. The van der Waals surface area contributed by atoms with Crippen LogP contribution in [-0.2, 0) is 0 Å². The van der Waals surface area contributed by atoms with Crippen molar-refractivity contribution in [3.63, 3.8) is 0 Å². The molecule has 0 saturated carbocycles. The molecule has 0 unspecified atom stereocenters. The van der Waals surface area contributed by atoms with Gasteiger partial charge in [-0.25, -0.2) is 0 Å². The van der Waals surface area contributed by atoms with Crippen molar-refractivity contribution in [1.29, 1.82) is 5.26 Å². The molecule has 3 nitrogen and oxygen atoms in total. The maximum Gasteiger partial charge on any atom is 0.151 e. The van der Waals surface area contributed by atoms with Crippen molar-refractivity contribution in [1.82, 2.24) is 0 Å². The maximum atomic E-state index is 9.42. The Bertz CT molecular complexity index is 673. The van der Waals surface area contributed by atoms with Crippen molar-refractivity contribution in [2.45, 2.75) is 0 Å². The van der Waals surface area contributed by atoms with Crippen molar-refractivity contribution in [2.75, 3.05) is 30.2 Å². The highest BCUT2D eigenvalue weighted by atomic mass is 32.2. The molecule has 21 heavy (non-hydrogen) atoms. The zero-order chi connectivity index (χ0) is 14.7. The number of benzene rings is 2. The van der Waals surface area contributed by atoms with Gasteiger partial charge in [-0.15, -0.1) is 11.8 Å². The van der Waals surface area contributed by atoms with Crippen LogP contribution in [0.25, 0.3) is 11.1 Å². The molecule has 0 aromatic heterocycles. The largest absolute Gasteiger partial charge is 0.494 e. The fourth-order valence-electron chi connectivity index (χ4n) is 2.62. The molecular formula is C17H16N2OS. The molecular weight excluding hydrogens is 280 g/mol. The van der Waals surface area contributed by atoms with Crippen molar-refractivity contribution in [3.05, 3.63) is 48.0 Å². The summed E-state index contributed by atoms with van der Waals surface area (Å²) in [6, 6.07) is 16.3. The lowest BCUT2D eigenvalue weighted by molar-refractivity contribution is 0.416. The van der Waals surface area contributed by atoms with Gasteiger partial charge >= 0.3 is 0 Å². The lowest BCUT2D eigenvalue weighted by Crippen LogP contribution is -2.20. The van der Waals surface area contributed by atoms with E-state index in [1.165, 1.54) is 0 Å². The summed E-state index contributed by atoms with van der Waals surface area (Å²) in [7, 11) is 1.68. The number of anilines is 1. The van der Waals surface area contributed by atoms with Crippen LogP contribution in [0.4, 0.5) is 5.69 Å². The number of ether oxygens (including phenoxy) is 1. The highest BCUT2D eigenvalue weighted by molar-refractivity contribution is 7.99. The van der Waals surface area contributed by atoms with Gasteiger partial charge in [-0.05, 0) is 17.7 Å². The Kier molecular flexibility index (Phi) is 4.03. The number of nitriles is 1. The van der Waals surface area contributed by atoms with Gasteiger partial charge in [0.1, 0.15) is 6.07 Å². The minimum absolute atomic E-state index is 0.675. The topological polar surface area (TPSA) is 36.3 Å². The van der Waals surface area contributed by atoms with Crippen molar-refractivity contribution in [2.24, 2.45) is 0 Å². The van der Waals surface area contributed by atoms with Crippen LogP contribution in [0.3, 0.4) is 0 Å². The monoisotopic (exact) mass is 296 g/mol. The highest BCUT2D eigenvalue weighted by Crippen LogP contribution is 2.42. The van der Waals surface area contributed by atoms with Crippen molar-refractivity contribution < 1.29 is 4.74 Å². The lowest BCUT2D eigenvalue weighted by atomic mass is 10.0. The molecule has 3 rings (SSSR count). The summed E-state index contributed by atoms with van der Waals surface area (Å²) in [4.78, 5) is 2.23. The third-order valence-corrected chi connectivity index (χ3v) is 4.58. The fourth-order valence-corrected chi connectivity index (χ4v) is 3.57. The zero-order valence-corrected chi connectivity index (χ0v) is 12.7.